The molecule has 1 aliphatic rings. The summed E-state index contributed by atoms with van der Waals surface area (Å²) in [6, 6.07) is 17.5. The number of hydrogen-bond donors (Lipinski definition) is 2. The number of amides is 1. The van der Waals surface area contributed by atoms with Gasteiger partial charge >= 0.3 is 0 Å². The third kappa shape index (κ3) is 4.12. The molecule has 120 valence electrons. The summed E-state index contributed by atoms with van der Waals surface area (Å²) in [7, 11) is 0. The smallest absolute Gasteiger partial charge is 0.241 e. The lowest BCUT2D eigenvalue weighted by molar-refractivity contribution is -0.123. The summed E-state index contributed by atoms with van der Waals surface area (Å²) in [6.45, 7) is 2.03. The highest BCUT2D eigenvalue weighted by molar-refractivity contribution is 6.31. The Labute approximate surface area is 142 Å². The van der Waals surface area contributed by atoms with Gasteiger partial charge in [-0.1, -0.05) is 60.1 Å². The van der Waals surface area contributed by atoms with E-state index in [2.05, 4.69) is 10.6 Å². The monoisotopic (exact) mass is 328 g/mol. The quantitative estimate of drug-likeness (QED) is 0.841. The second-order valence-electron chi connectivity index (χ2n) is 6.04. The fourth-order valence-electron chi connectivity index (χ4n) is 2.65. The van der Waals surface area contributed by atoms with Gasteiger partial charge in [-0.2, -0.15) is 0 Å². The van der Waals surface area contributed by atoms with Crippen LogP contribution in [0.1, 0.15) is 43.0 Å². The van der Waals surface area contributed by atoms with Crippen LogP contribution in [0.3, 0.4) is 0 Å². The average Bonchev–Trinajstić information content (AvgIpc) is 3.37. The van der Waals surface area contributed by atoms with Crippen LogP contribution < -0.4 is 10.6 Å². The van der Waals surface area contributed by atoms with E-state index in [1.54, 1.807) is 0 Å². The Morgan fingerprint density at radius 3 is 2.39 bits per heavy atom. The largest absolute Gasteiger partial charge is 0.352 e. The number of rotatable bonds is 6. The van der Waals surface area contributed by atoms with Gasteiger partial charge < -0.3 is 5.32 Å². The maximum absolute atomic E-state index is 12.6. The molecular formula is C19H21ClN2O. The Hall–Kier alpha value is -1.84. The molecule has 0 aromatic heterocycles. The molecule has 0 spiro atoms. The zero-order valence-electron chi connectivity index (χ0n) is 13.1. The third-order valence-electron chi connectivity index (χ3n) is 4.11. The lowest BCUT2D eigenvalue weighted by atomic mass is 10.0. The number of halogens is 1. The van der Waals surface area contributed by atoms with Crippen LogP contribution in [0.4, 0.5) is 0 Å². The molecule has 3 rings (SSSR count). The fourth-order valence-corrected chi connectivity index (χ4v) is 2.95. The van der Waals surface area contributed by atoms with Gasteiger partial charge in [0.05, 0.1) is 0 Å². The van der Waals surface area contributed by atoms with Gasteiger partial charge in [0, 0.05) is 17.1 Å². The predicted octanol–water partition coefficient (Wildman–Crippen LogP) is 4.01. The number of hydrogen-bond acceptors (Lipinski definition) is 2. The predicted molar refractivity (Wildman–Crippen MR) is 93.4 cm³/mol. The van der Waals surface area contributed by atoms with Crippen molar-refractivity contribution in [1.29, 1.82) is 0 Å². The van der Waals surface area contributed by atoms with Crippen molar-refractivity contribution in [2.24, 2.45) is 0 Å². The van der Waals surface area contributed by atoms with E-state index >= 15 is 0 Å². The number of nitrogens with one attached hydrogen (secondary N) is 2. The molecule has 0 bridgehead atoms. The normalized spacial score (nSPS) is 16.6. The molecule has 2 atom stereocenters. The highest BCUT2D eigenvalue weighted by Crippen LogP contribution is 2.26. The Morgan fingerprint density at radius 2 is 1.74 bits per heavy atom. The molecule has 2 aromatic rings. The SMILES string of the molecule is CC(NC(C(=O)NC1CC1)c1ccccc1)c1ccccc1Cl. The molecule has 2 N–H and O–H groups in total. The maximum atomic E-state index is 12.6. The van der Waals surface area contributed by atoms with E-state index in [1.807, 2.05) is 61.5 Å². The molecule has 0 radical (unpaired) electrons. The van der Waals surface area contributed by atoms with Crippen LogP contribution in [0.15, 0.2) is 54.6 Å². The summed E-state index contributed by atoms with van der Waals surface area (Å²) in [5, 5.41) is 7.23. The van der Waals surface area contributed by atoms with Crippen molar-refractivity contribution in [2.75, 3.05) is 0 Å². The Balaban J connectivity index is 1.80. The first-order chi connectivity index (χ1) is 11.1. The van der Waals surface area contributed by atoms with Crippen LogP contribution in [0.25, 0.3) is 0 Å². The van der Waals surface area contributed by atoms with Crippen molar-refractivity contribution in [1.82, 2.24) is 10.6 Å². The standard InChI is InChI=1S/C19H21ClN2O/c1-13(16-9-5-6-10-17(16)20)21-18(14-7-3-2-4-8-14)19(23)22-15-11-12-15/h2-10,13,15,18,21H,11-12H2,1H3,(H,22,23). The Kier molecular flexibility index (Phi) is 4.99. The van der Waals surface area contributed by atoms with Crippen LogP contribution >= 0.6 is 11.6 Å². The molecule has 3 nitrogen and oxygen atoms in total. The van der Waals surface area contributed by atoms with Gasteiger partial charge in [0.15, 0.2) is 0 Å². The van der Waals surface area contributed by atoms with Gasteiger partial charge in [0.1, 0.15) is 6.04 Å². The second kappa shape index (κ2) is 7.16. The minimum atomic E-state index is -0.386. The summed E-state index contributed by atoms with van der Waals surface area (Å²) in [6.07, 6.45) is 2.15. The molecular weight excluding hydrogens is 308 g/mol. The highest BCUT2D eigenvalue weighted by atomic mass is 35.5. The molecule has 0 saturated heterocycles. The van der Waals surface area contributed by atoms with Crippen molar-refractivity contribution in [3.63, 3.8) is 0 Å². The van der Waals surface area contributed by atoms with Crippen LogP contribution in [0, 0.1) is 0 Å². The first-order valence-corrected chi connectivity index (χ1v) is 8.39. The van der Waals surface area contributed by atoms with Gasteiger partial charge in [-0.25, -0.2) is 0 Å². The van der Waals surface area contributed by atoms with Gasteiger partial charge in [-0.3, -0.25) is 10.1 Å². The van der Waals surface area contributed by atoms with Crippen molar-refractivity contribution >= 4 is 17.5 Å². The van der Waals surface area contributed by atoms with E-state index in [9.17, 15) is 4.79 Å². The first-order valence-electron chi connectivity index (χ1n) is 8.01. The third-order valence-corrected chi connectivity index (χ3v) is 4.45. The molecule has 0 aliphatic heterocycles. The zero-order valence-corrected chi connectivity index (χ0v) is 13.9. The van der Waals surface area contributed by atoms with E-state index in [1.165, 1.54) is 0 Å². The van der Waals surface area contributed by atoms with Crippen LogP contribution in [0.2, 0.25) is 5.02 Å². The van der Waals surface area contributed by atoms with E-state index < -0.39 is 0 Å². The molecule has 4 heteroatoms. The van der Waals surface area contributed by atoms with Crippen molar-refractivity contribution in [2.45, 2.75) is 37.9 Å². The molecule has 0 heterocycles. The number of carbonyl (C=O) groups is 1. The van der Waals surface area contributed by atoms with E-state index in [0.717, 1.165) is 24.0 Å². The van der Waals surface area contributed by atoms with Crippen molar-refractivity contribution in [3.8, 4) is 0 Å². The number of benzene rings is 2. The van der Waals surface area contributed by atoms with Gasteiger partial charge in [0.2, 0.25) is 5.91 Å². The number of carbonyl (C=O) groups excluding carboxylic acids is 1. The van der Waals surface area contributed by atoms with E-state index in [0.29, 0.717) is 11.1 Å². The summed E-state index contributed by atoms with van der Waals surface area (Å²) < 4.78 is 0. The maximum Gasteiger partial charge on any atom is 0.241 e. The second-order valence-corrected chi connectivity index (χ2v) is 6.44. The molecule has 2 unspecified atom stereocenters. The van der Waals surface area contributed by atoms with Crippen molar-refractivity contribution in [3.05, 3.63) is 70.7 Å². The van der Waals surface area contributed by atoms with E-state index in [4.69, 9.17) is 11.6 Å². The highest BCUT2D eigenvalue weighted by Gasteiger charge is 2.29. The average molecular weight is 329 g/mol. The molecule has 2 aromatic carbocycles. The van der Waals surface area contributed by atoms with Crippen LogP contribution in [-0.4, -0.2) is 11.9 Å². The molecule has 1 fully saturated rings. The van der Waals surface area contributed by atoms with Crippen molar-refractivity contribution < 1.29 is 4.79 Å². The summed E-state index contributed by atoms with van der Waals surface area (Å²) >= 11 is 6.28. The Morgan fingerprint density at radius 1 is 1.09 bits per heavy atom. The molecule has 23 heavy (non-hydrogen) atoms. The van der Waals surface area contributed by atoms with Gasteiger partial charge in [-0.05, 0) is 37.0 Å². The topological polar surface area (TPSA) is 41.1 Å². The zero-order chi connectivity index (χ0) is 16.2. The fraction of sp³-hybridized carbons (Fsp3) is 0.316. The minimum Gasteiger partial charge on any atom is -0.352 e. The van der Waals surface area contributed by atoms with Crippen LogP contribution in [0.5, 0.6) is 0 Å². The lowest BCUT2D eigenvalue weighted by Crippen LogP contribution is -2.39. The molecule has 1 saturated carbocycles. The summed E-state index contributed by atoms with van der Waals surface area (Å²) in [5.74, 6) is 0.0256. The van der Waals surface area contributed by atoms with E-state index in [-0.39, 0.29) is 18.0 Å². The summed E-state index contributed by atoms with van der Waals surface area (Å²) in [4.78, 5) is 12.6. The summed E-state index contributed by atoms with van der Waals surface area (Å²) in [5.41, 5.74) is 1.96. The first kappa shape index (κ1) is 16.0. The lowest BCUT2D eigenvalue weighted by Gasteiger charge is -2.24. The molecule has 1 aliphatic carbocycles. The van der Waals surface area contributed by atoms with Crippen LogP contribution in [-0.2, 0) is 4.79 Å². The Bertz CT molecular complexity index is 670. The van der Waals surface area contributed by atoms with Gasteiger partial charge in [0.25, 0.3) is 0 Å². The molecule has 1 amide bonds. The van der Waals surface area contributed by atoms with Gasteiger partial charge in [-0.15, -0.1) is 0 Å². The minimum absolute atomic E-state index is 0.0256.